The lowest BCUT2D eigenvalue weighted by Gasteiger charge is -2.33. The highest BCUT2D eigenvalue weighted by Crippen LogP contribution is 2.32. The summed E-state index contributed by atoms with van der Waals surface area (Å²) in [5.74, 6) is -1.63. The van der Waals surface area contributed by atoms with Crippen molar-refractivity contribution < 1.29 is 29.3 Å². The van der Waals surface area contributed by atoms with Crippen LogP contribution in [0.1, 0.15) is 62.5 Å². The topological polar surface area (TPSA) is 96.3 Å². The van der Waals surface area contributed by atoms with Gasteiger partial charge in [0.25, 0.3) is 0 Å². The zero-order valence-corrected chi connectivity index (χ0v) is 22.7. The molecule has 0 radical (unpaired) electrons. The third-order valence-corrected chi connectivity index (χ3v) is 7.77. The molecule has 0 amide bonds. The van der Waals surface area contributed by atoms with Gasteiger partial charge in [-0.1, -0.05) is 73.5 Å². The van der Waals surface area contributed by atoms with Crippen molar-refractivity contribution in [2.24, 2.45) is 0 Å². The summed E-state index contributed by atoms with van der Waals surface area (Å²) in [6.07, 6.45) is 11.5. The van der Waals surface area contributed by atoms with E-state index in [1.165, 1.54) is 25.7 Å². The van der Waals surface area contributed by atoms with Gasteiger partial charge in [0.2, 0.25) is 0 Å². The molecule has 3 atom stereocenters. The van der Waals surface area contributed by atoms with Crippen molar-refractivity contribution >= 4 is 11.9 Å². The first kappa shape index (κ1) is 29.0. The Morgan fingerprint density at radius 3 is 2.33 bits per heavy atom. The number of rotatable bonds is 13. The Bertz CT molecular complexity index is 1090. The third-order valence-electron chi connectivity index (χ3n) is 7.77. The Morgan fingerprint density at radius 1 is 0.872 bits per heavy atom. The summed E-state index contributed by atoms with van der Waals surface area (Å²) in [6, 6.07) is 16.1. The smallest absolute Gasteiger partial charge is 0.307 e. The minimum Gasteiger partial charge on any atom is -0.481 e. The molecule has 39 heavy (non-hydrogen) atoms. The normalized spacial score (nSPS) is 22.2. The van der Waals surface area contributed by atoms with E-state index < -0.39 is 11.9 Å². The van der Waals surface area contributed by atoms with Gasteiger partial charge in [0.1, 0.15) is 0 Å². The fraction of sp³-hybridized carbons (Fsp3) is 0.500. The molecule has 1 saturated carbocycles. The number of aliphatic carboxylic acids is 2. The number of carboxylic acids is 2. The maximum Gasteiger partial charge on any atom is 0.307 e. The van der Waals surface area contributed by atoms with Crippen molar-refractivity contribution in [3.63, 3.8) is 0 Å². The van der Waals surface area contributed by atoms with Crippen molar-refractivity contribution in [2.75, 3.05) is 19.7 Å². The van der Waals surface area contributed by atoms with Gasteiger partial charge in [0.05, 0.1) is 31.8 Å². The average Bonchev–Trinajstić information content (AvgIpc) is 3.12. The number of likely N-dealkylation sites (tertiary alicyclic amines) is 1. The van der Waals surface area contributed by atoms with Gasteiger partial charge in [-0.3, -0.25) is 14.5 Å². The minimum absolute atomic E-state index is 0.00152. The fourth-order valence-corrected chi connectivity index (χ4v) is 5.79. The van der Waals surface area contributed by atoms with Crippen LogP contribution >= 0.6 is 0 Å². The quantitative estimate of drug-likeness (QED) is 0.317. The van der Waals surface area contributed by atoms with E-state index in [-0.39, 0.29) is 25.0 Å². The highest BCUT2D eigenvalue weighted by atomic mass is 16.5. The Kier molecular flexibility index (Phi) is 11.1. The SMILES string of the molecule is O=C(O)CC/C=C\CO[C@@H]1[C@@H](OCc2ccc(-c3ccccc3CC(=O)O)cc2)CC[C@H]1N1CCCCCC1. The summed E-state index contributed by atoms with van der Waals surface area (Å²) in [5.41, 5.74) is 3.80. The Hall–Kier alpha value is -3.00. The lowest BCUT2D eigenvalue weighted by molar-refractivity contribution is -0.137. The number of allylic oxidation sites excluding steroid dienone is 1. The molecule has 1 aliphatic heterocycles. The second-order valence-corrected chi connectivity index (χ2v) is 10.6. The van der Waals surface area contributed by atoms with Gasteiger partial charge >= 0.3 is 11.9 Å². The summed E-state index contributed by atoms with van der Waals surface area (Å²) < 4.78 is 12.8. The molecule has 2 N–H and O–H groups in total. The monoisotopic (exact) mass is 535 g/mol. The summed E-state index contributed by atoms with van der Waals surface area (Å²) >= 11 is 0. The molecule has 2 aromatic carbocycles. The fourth-order valence-electron chi connectivity index (χ4n) is 5.79. The molecule has 7 heteroatoms. The van der Waals surface area contributed by atoms with E-state index in [1.807, 2.05) is 48.6 Å². The van der Waals surface area contributed by atoms with Crippen LogP contribution in [0.15, 0.2) is 60.7 Å². The zero-order valence-electron chi connectivity index (χ0n) is 22.7. The standard InChI is InChI=1S/C32H41NO6/c34-30(35)12-4-3-9-21-38-32-28(33-19-7-1-2-8-20-33)17-18-29(32)39-23-24-13-15-25(16-14-24)27-11-6-5-10-26(27)22-31(36)37/h3,5-6,9-11,13-16,28-29,32H,1-2,4,7-8,12,17-23H2,(H,34,35)(H,36,37)/b9-3-/t28-,29+,32+/m1/s1. The van der Waals surface area contributed by atoms with E-state index >= 15 is 0 Å². The van der Waals surface area contributed by atoms with Crippen LogP contribution in [0, 0.1) is 0 Å². The first-order valence-electron chi connectivity index (χ1n) is 14.2. The van der Waals surface area contributed by atoms with E-state index in [1.54, 1.807) is 0 Å². The number of carboxylic acid groups (broad SMARTS) is 2. The number of hydrogen-bond acceptors (Lipinski definition) is 5. The van der Waals surface area contributed by atoms with Crippen molar-refractivity contribution in [3.05, 3.63) is 71.8 Å². The van der Waals surface area contributed by atoms with Crippen LogP contribution in [-0.2, 0) is 32.1 Å². The van der Waals surface area contributed by atoms with Crippen molar-refractivity contribution in [2.45, 2.75) is 82.6 Å². The molecule has 4 rings (SSSR count). The lowest BCUT2D eigenvalue weighted by Crippen LogP contribution is -2.45. The average molecular weight is 536 g/mol. The van der Waals surface area contributed by atoms with Crippen molar-refractivity contribution in [1.29, 1.82) is 0 Å². The van der Waals surface area contributed by atoms with E-state index in [0.717, 1.165) is 48.2 Å². The van der Waals surface area contributed by atoms with Crippen LogP contribution in [0.25, 0.3) is 11.1 Å². The Morgan fingerprint density at radius 2 is 1.62 bits per heavy atom. The van der Waals surface area contributed by atoms with Gasteiger partial charge in [-0.15, -0.1) is 0 Å². The zero-order chi connectivity index (χ0) is 27.5. The Balaban J connectivity index is 1.38. The highest BCUT2D eigenvalue weighted by Gasteiger charge is 2.40. The predicted octanol–water partition coefficient (Wildman–Crippen LogP) is 5.71. The molecule has 2 fully saturated rings. The third kappa shape index (κ3) is 8.75. The maximum absolute atomic E-state index is 11.3. The van der Waals surface area contributed by atoms with Gasteiger partial charge in [0, 0.05) is 12.5 Å². The number of hydrogen-bond donors (Lipinski definition) is 2. The molecule has 0 unspecified atom stereocenters. The first-order chi connectivity index (χ1) is 19.0. The molecule has 0 aromatic heterocycles. The molecular formula is C32H41NO6. The molecule has 1 aliphatic carbocycles. The summed E-state index contributed by atoms with van der Waals surface area (Å²) in [6.45, 7) is 3.16. The molecule has 7 nitrogen and oxygen atoms in total. The molecule has 1 heterocycles. The van der Waals surface area contributed by atoms with Crippen molar-refractivity contribution in [1.82, 2.24) is 4.90 Å². The van der Waals surface area contributed by atoms with Crippen LogP contribution in [0.3, 0.4) is 0 Å². The number of ether oxygens (including phenoxy) is 2. The second kappa shape index (κ2) is 15.0. The van der Waals surface area contributed by atoms with E-state index in [4.69, 9.17) is 14.6 Å². The molecule has 0 bridgehead atoms. The molecule has 2 aromatic rings. The van der Waals surface area contributed by atoms with E-state index in [2.05, 4.69) is 17.0 Å². The van der Waals surface area contributed by atoms with E-state index in [0.29, 0.717) is 25.7 Å². The number of nitrogens with zero attached hydrogens (tertiary/aromatic N) is 1. The van der Waals surface area contributed by atoms with Gasteiger partial charge < -0.3 is 19.7 Å². The van der Waals surface area contributed by atoms with Gasteiger partial charge in [-0.2, -0.15) is 0 Å². The largest absolute Gasteiger partial charge is 0.481 e. The Labute approximate surface area is 231 Å². The van der Waals surface area contributed by atoms with Gasteiger partial charge in [-0.25, -0.2) is 0 Å². The maximum atomic E-state index is 11.3. The highest BCUT2D eigenvalue weighted by molar-refractivity contribution is 5.76. The molecule has 1 saturated heterocycles. The molecule has 0 spiro atoms. The van der Waals surface area contributed by atoms with Crippen molar-refractivity contribution in [3.8, 4) is 11.1 Å². The number of carbonyl (C=O) groups is 2. The van der Waals surface area contributed by atoms with Gasteiger partial charge in [0.15, 0.2) is 0 Å². The van der Waals surface area contributed by atoms with Crippen LogP contribution < -0.4 is 0 Å². The summed E-state index contributed by atoms with van der Waals surface area (Å²) in [5, 5.41) is 18.1. The van der Waals surface area contributed by atoms with Crippen LogP contribution in [-0.4, -0.2) is 65.0 Å². The van der Waals surface area contributed by atoms with Crippen LogP contribution in [0.2, 0.25) is 0 Å². The van der Waals surface area contributed by atoms with Crippen LogP contribution in [0.5, 0.6) is 0 Å². The van der Waals surface area contributed by atoms with E-state index in [9.17, 15) is 14.7 Å². The first-order valence-corrected chi connectivity index (χ1v) is 14.2. The van der Waals surface area contributed by atoms with Crippen LogP contribution in [0.4, 0.5) is 0 Å². The summed E-state index contributed by atoms with van der Waals surface area (Å²) in [7, 11) is 0. The molecule has 210 valence electrons. The van der Waals surface area contributed by atoms with Gasteiger partial charge in [-0.05, 0) is 67.4 Å². The molecule has 2 aliphatic rings. The summed E-state index contributed by atoms with van der Waals surface area (Å²) in [4.78, 5) is 24.6. The number of benzene rings is 2. The predicted molar refractivity (Wildman–Crippen MR) is 151 cm³/mol. The lowest BCUT2D eigenvalue weighted by atomic mass is 9.97. The second-order valence-electron chi connectivity index (χ2n) is 10.6. The molecular weight excluding hydrogens is 494 g/mol. The minimum atomic E-state index is -0.838.